The lowest BCUT2D eigenvalue weighted by Gasteiger charge is -2.11. The van der Waals surface area contributed by atoms with Crippen molar-refractivity contribution in [3.8, 4) is 0 Å². The first-order valence-electron chi connectivity index (χ1n) is 9.73. The van der Waals surface area contributed by atoms with Crippen LogP contribution in [0.3, 0.4) is 0 Å². The van der Waals surface area contributed by atoms with Gasteiger partial charge in [0.1, 0.15) is 0 Å². The Hall–Kier alpha value is -2.59. The minimum absolute atomic E-state index is 0.0702. The molecular weight excluding hydrogens is 473 g/mol. The number of nitrogens with zero attached hydrogens (tertiary/aromatic N) is 4. The van der Waals surface area contributed by atoms with E-state index in [-0.39, 0.29) is 22.2 Å². The predicted molar refractivity (Wildman–Crippen MR) is 127 cm³/mol. The maximum absolute atomic E-state index is 13.0. The second kappa shape index (κ2) is 9.91. The molecule has 11 heteroatoms. The number of para-hydroxylation sites is 1. The van der Waals surface area contributed by atoms with Crippen LogP contribution in [0, 0.1) is 0 Å². The van der Waals surface area contributed by atoms with Crippen LogP contribution in [0.5, 0.6) is 0 Å². The zero-order valence-corrected chi connectivity index (χ0v) is 19.4. The van der Waals surface area contributed by atoms with E-state index < -0.39 is 0 Å². The fourth-order valence-corrected chi connectivity index (χ4v) is 4.40. The van der Waals surface area contributed by atoms with E-state index in [9.17, 15) is 9.59 Å². The highest BCUT2D eigenvalue weighted by atomic mass is 35.5. The van der Waals surface area contributed by atoms with Crippen molar-refractivity contribution in [3.05, 3.63) is 62.9 Å². The molecule has 0 saturated heterocycles. The Morgan fingerprint density at radius 3 is 2.78 bits per heavy atom. The molecule has 0 unspecified atom stereocenters. The molecule has 0 saturated carbocycles. The van der Waals surface area contributed by atoms with E-state index in [0.717, 1.165) is 0 Å². The first-order chi connectivity index (χ1) is 15.5. The third kappa shape index (κ3) is 4.47. The lowest BCUT2D eigenvalue weighted by atomic mass is 10.2. The third-order valence-electron chi connectivity index (χ3n) is 4.77. The Balaban J connectivity index is 1.64. The zero-order chi connectivity index (χ0) is 22.7. The lowest BCUT2D eigenvalue weighted by Crippen LogP contribution is -2.24. The maximum Gasteiger partial charge on any atom is 0.262 e. The molecule has 2 aromatic carbocycles. The van der Waals surface area contributed by atoms with Crippen LogP contribution in [0.2, 0.25) is 10.0 Å². The molecule has 32 heavy (non-hydrogen) atoms. The number of hydrogen-bond acceptors (Lipinski definition) is 6. The summed E-state index contributed by atoms with van der Waals surface area (Å²) in [6, 6.07) is 12.3. The van der Waals surface area contributed by atoms with Crippen LogP contribution in [0.25, 0.3) is 16.7 Å². The summed E-state index contributed by atoms with van der Waals surface area (Å²) in [5.74, 6) is 0.222. The highest BCUT2D eigenvalue weighted by Crippen LogP contribution is 2.30. The molecule has 0 fully saturated rings. The van der Waals surface area contributed by atoms with Crippen molar-refractivity contribution in [2.45, 2.75) is 18.1 Å². The molecular formula is C21H19Cl2N5O3S. The van der Waals surface area contributed by atoms with Crippen molar-refractivity contribution in [2.75, 3.05) is 24.8 Å². The molecule has 0 aliphatic rings. The smallest absolute Gasteiger partial charge is 0.262 e. The van der Waals surface area contributed by atoms with Crippen molar-refractivity contribution in [1.29, 1.82) is 0 Å². The molecule has 1 amide bonds. The van der Waals surface area contributed by atoms with E-state index in [4.69, 9.17) is 27.9 Å². The van der Waals surface area contributed by atoms with Gasteiger partial charge < -0.3 is 10.1 Å². The molecule has 4 aromatic rings. The topological polar surface area (TPSA) is 90.5 Å². The zero-order valence-electron chi connectivity index (χ0n) is 17.0. The number of amides is 1. The van der Waals surface area contributed by atoms with Crippen LogP contribution < -0.4 is 10.9 Å². The van der Waals surface area contributed by atoms with Gasteiger partial charge in [-0.05, 0) is 30.7 Å². The minimum Gasteiger partial charge on any atom is -0.385 e. The normalized spacial score (nSPS) is 11.3. The predicted octanol–water partition coefficient (Wildman–Crippen LogP) is 4.12. The maximum atomic E-state index is 13.0. The number of anilines is 1. The van der Waals surface area contributed by atoms with Gasteiger partial charge in [0.2, 0.25) is 11.7 Å². The molecule has 0 aliphatic carbocycles. The second-order valence-corrected chi connectivity index (χ2v) is 8.60. The third-order valence-corrected chi connectivity index (χ3v) is 6.51. The van der Waals surface area contributed by atoms with Crippen LogP contribution in [0.15, 0.2) is 52.4 Å². The van der Waals surface area contributed by atoms with Gasteiger partial charge >= 0.3 is 0 Å². The standard InChI is InChI=1S/C21H19Cl2N5O3S/c1-31-11-5-10-27-19(30)13-6-2-3-9-16(13)28-20(27)25-26-21(28)32-12-17(29)24-15-8-4-7-14(22)18(15)23/h2-4,6-9H,5,10-12H2,1H3,(H,24,29). The first kappa shape index (κ1) is 22.6. The van der Waals surface area contributed by atoms with E-state index >= 15 is 0 Å². The molecule has 0 atom stereocenters. The number of carbonyl (C=O) groups excluding carboxylic acids is 1. The number of nitrogens with one attached hydrogen (secondary N) is 1. The van der Waals surface area contributed by atoms with Crippen LogP contribution in [-0.4, -0.2) is 44.5 Å². The van der Waals surface area contributed by atoms with Gasteiger partial charge in [0.15, 0.2) is 5.16 Å². The van der Waals surface area contributed by atoms with Crippen molar-refractivity contribution >= 4 is 63.2 Å². The van der Waals surface area contributed by atoms with Crippen LogP contribution in [-0.2, 0) is 16.1 Å². The molecule has 0 spiro atoms. The van der Waals surface area contributed by atoms with Crippen molar-refractivity contribution in [1.82, 2.24) is 19.2 Å². The van der Waals surface area contributed by atoms with Gasteiger partial charge in [-0.2, -0.15) is 0 Å². The van der Waals surface area contributed by atoms with E-state index in [1.54, 1.807) is 40.3 Å². The van der Waals surface area contributed by atoms with Gasteiger partial charge in [0.05, 0.1) is 32.4 Å². The van der Waals surface area contributed by atoms with Gasteiger partial charge in [0, 0.05) is 20.3 Å². The number of benzene rings is 2. The molecule has 0 aliphatic heterocycles. The first-order valence-corrected chi connectivity index (χ1v) is 11.5. The number of methoxy groups -OCH3 is 1. The van der Waals surface area contributed by atoms with Gasteiger partial charge in [-0.15, -0.1) is 10.2 Å². The number of ether oxygens (including phenoxy) is 1. The van der Waals surface area contributed by atoms with Crippen molar-refractivity contribution in [2.24, 2.45) is 0 Å². The summed E-state index contributed by atoms with van der Waals surface area (Å²) in [6.07, 6.45) is 0.655. The molecule has 2 aromatic heterocycles. The van der Waals surface area contributed by atoms with Crippen LogP contribution >= 0.6 is 35.0 Å². The summed E-state index contributed by atoms with van der Waals surface area (Å²) in [4.78, 5) is 25.5. The summed E-state index contributed by atoms with van der Waals surface area (Å²) in [7, 11) is 1.62. The number of thioether (sulfide) groups is 1. The molecule has 2 heterocycles. The van der Waals surface area contributed by atoms with E-state index in [2.05, 4.69) is 15.5 Å². The van der Waals surface area contributed by atoms with Gasteiger partial charge in [-0.1, -0.05) is 53.2 Å². The average Bonchev–Trinajstić information content (AvgIpc) is 3.22. The Kier molecular flexibility index (Phi) is 7.00. The second-order valence-electron chi connectivity index (χ2n) is 6.88. The van der Waals surface area contributed by atoms with E-state index in [1.807, 2.05) is 18.2 Å². The van der Waals surface area contributed by atoms with Gasteiger partial charge in [-0.25, -0.2) is 0 Å². The molecule has 166 valence electrons. The number of halogens is 2. The number of aromatic nitrogens is 4. The highest BCUT2D eigenvalue weighted by Gasteiger charge is 2.18. The molecule has 1 N–H and O–H groups in total. The number of aryl methyl sites for hydroxylation is 1. The van der Waals surface area contributed by atoms with Crippen molar-refractivity contribution < 1.29 is 9.53 Å². The van der Waals surface area contributed by atoms with Gasteiger partial charge in [-0.3, -0.25) is 18.6 Å². The molecule has 0 bridgehead atoms. The summed E-state index contributed by atoms with van der Waals surface area (Å²) in [6.45, 7) is 0.963. The molecule has 0 radical (unpaired) electrons. The summed E-state index contributed by atoms with van der Waals surface area (Å²) in [5.41, 5.74) is 0.982. The molecule has 4 rings (SSSR count). The summed E-state index contributed by atoms with van der Waals surface area (Å²) < 4.78 is 8.50. The SMILES string of the molecule is COCCCn1c(=O)c2ccccc2n2c(SCC(=O)Nc3cccc(Cl)c3Cl)nnc12. The number of hydrogen-bond donors (Lipinski definition) is 1. The number of fused-ring (bicyclic) bond motifs is 3. The van der Waals surface area contributed by atoms with Crippen molar-refractivity contribution in [3.63, 3.8) is 0 Å². The fourth-order valence-electron chi connectivity index (χ4n) is 3.31. The average molecular weight is 492 g/mol. The van der Waals surface area contributed by atoms with Crippen LogP contribution in [0.1, 0.15) is 6.42 Å². The Bertz CT molecular complexity index is 1350. The van der Waals surface area contributed by atoms with Gasteiger partial charge in [0.25, 0.3) is 5.56 Å². The lowest BCUT2D eigenvalue weighted by molar-refractivity contribution is -0.113. The number of rotatable bonds is 8. The monoisotopic (exact) mass is 491 g/mol. The summed E-state index contributed by atoms with van der Waals surface area (Å²) in [5, 5.41) is 12.9. The Labute approximate surface area is 197 Å². The van der Waals surface area contributed by atoms with E-state index in [0.29, 0.717) is 52.1 Å². The Morgan fingerprint density at radius 2 is 1.97 bits per heavy atom. The van der Waals surface area contributed by atoms with E-state index in [1.165, 1.54) is 11.8 Å². The molecule has 8 nitrogen and oxygen atoms in total. The fraction of sp³-hybridized carbons (Fsp3) is 0.238. The minimum atomic E-state index is -0.270. The highest BCUT2D eigenvalue weighted by molar-refractivity contribution is 7.99. The summed E-state index contributed by atoms with van der Waals surface area (Å²) >= 11 is 13.4. The largest absolute Gasteiger partial charge is 0.385 e. The number of carbonyl (C=O) groups is 1. The quantitative estimate of drug-likeness (QED) is 0.294. The Morgan fingerprint density at radius 1 is 1.16 bits per heavy atom. The van der Waals surface area contributed by atoms with Crippen LogP contribution in [0.4, 0.5) is 5.69 Å².